The Kier molecular flexibility index (Phi) is 4.40. The van der Waals surface area contributed by atoms with Gasteiger partial charge in [0.1, 0.15) is 11.4 Å². The van der Waals surface area contributed by atoms with Crippen LogP contribution in [0.5, 0.6) is 0 Å². The summed E-state index contributed by atoms with van der Waals surface area (Å²) in [6.07, 6.45) is 0.968. The number of Topliss-reactive ketones (excluding diaryl/α,β-unsaturated/α-hetero) is 1. The Labute approximate surface area is 101 Å². The van der Waals surface area contributed by atoms with E-state index in [2.05, 4.69) is 0 Å². The Bertz CT molecular complexity index is 409. The Morgan fingerprint density at radius 1 is 1.35 bits per heavy atom. The van der Waals surface area contributed by atoms with Gasteiger partial charge in [0.05, 0.1) is 0 Å². The van der Waals surface area contributed by atoms with Crippen molar-refractivity contribution < 1.29 is 14.3 Å². The zero-order chi connectivity index (χ0) is 13.1. The average Bonchev–Trinajstić information content (AvgIpc) is 2.31. The molecule has 0 unspecified atom stereocenters. The van der Waals surface area contributed by atoms with E-state index < -0.39 is 5.60 Å². The zero-order valence-electron chi connectivity index (χ0n) is 10.6. The third-order valence-electron chi connectivity index (χ3n) is 3.34. The van der Waals surface area contributed by atoms with Gasteiger partial charge in [-0.1, -0.05) is 19.9 Å². The topological polar surface area (TPSA) is 37.3 Å². The van der Waals surface area contributed by atoms with Crippen LogP contribution in [0.2, 0.25) is 0 Å². The summed E-state index contributed by atoms with van der Waals surface area (Å²) in [7, 11) is 0. The molecule has 0 aliphatic rings. The van der Waals surface area contributed by atoms with Crippen molar-refractivity contribution in [3.8, 4) is 0 Å². The zero-order valence-corrected chi connectivity index (χ0v) is 10.6. The molecule has 0 saturated heterocycles. The van der Waals surface area contributed by atoms with E-state index in [4.69, 9.17) is 0 Å². The van der Waals surface area contributed by atoms with Gasteiger partial charge in [-0.05, 0) is 43.0 Å². The monoisotopic (exact) mass is 238 g/mol. The Morgan fingerprint density at radius 3 is 2.41 bits per heavy atom. The van der Waals surface area contributed by atoms with Crippen molar-refractivity contribution in [2.45, 2.75) is 45.6 Å². The maximum Gasteiger partial charge on any atom is 0.168 e. The summed E-state index contributed by atoms with van der Waals surface area (Å²) >= 11 is 0. The first-order valence-corrected chi connectivity index (χ1v) is 5.93. The molecule has 0 atom stereocenters. The number of aliphatic hydroxyl groups is 1. The van der Waals surface area contributed by atoms with Crippen molar-refractivity contribution in [3.63, 3.8) is 0 Å². The largest absolute Gasteiger partial charge is 0.382 e. The smallest absolute Gasteiger partial charge is 0.168 e. The molecule has 0 saturated carbocycles. The quantitative estimate of drug-likeness (QED) is 0.856. The summed E-state index contributed by atoms with van der Waals surface area (Å²) in [4.78, 5) is 12.0. The summed E-state index contributed by atoms with van der Waals surface area (Å²) in [6.45, 7) is 5.35. The summed E-state index contributed by atoms with van der Waals surface area (Å²) < 4.78 is 12.9. The lowest BCUT2D eigenvalue weighted by atomic mass is 9.87. The number of aryl methyl sites for hydroxylation is 1. The van der Waals surface area contributed by atoms with E-state index in [9.17, 15) is 14.3 Å². The highest BCUT2D eigenvalue weighted by atomic mass is 19.1. The van der Waals surface area contributed by atoms with Gasteiger partial charge in [-0.15, -0.1) is 0 Å². The maximum atomic E-state index is 12.9. The van der Waals surface area contributed by atoms with Gasteiger partial charge < -0.3 is 5.11 Å². The Hall–Kier alpha value is -1.22. The predicted molar refractivity (Wildman–Crippen MR) is 65.4 cm³/mol. The van der Waals surface area contributed by atoms with E-state index in [-0.39, 0.29) is 18.0 Å². The third-order valence-corrected chi connectivity index (χ3v) is 3.34. The van der Waals surface area contributed by atoms with Gasteiger partial charge in [-0.3, -0.25) is 4.79 Å². The lowest BCUT2D eigenvalue weighted by Gasteiger charge is -2.23. The lowest BCUT2D eigenvalue weighted by molar-refractivity contribution is -0.137. The standard InChI is InChI=1S/C14H19FO2/c1-4-14(17,5-2)13(16)9-11-6-7-12(15)8-10(11)3/h6-8,17H,4-5,9H2,1-3H3. The van der Waals surface area contributed by atoms with Crippen LogP contribution in [0.3, 0.4) is 0 Å². The number of hydrogen-bond donors (Lipinski definition) is 1. The molecule has 2 nitrogen and oxygen atoms in total. The van der Waals surface area contributed by atoms with E-state index in [1.54, 1.807) is 26.8 Å². The van der Waals surface area contributed by atoms with E-state index in [0.29, 0.717) is 12.8 Å². The fraction of sp³-hybridized carbons (Fsp3) is 0.500. The summed E-state index contributed by atoms with van der Waals surface area (Å²) in [5, 5.41) is 10.1. The fourth-order valence-electron chi connectivity index (χ4n) is 1.84. The van der Waals surface area contributed by atoms with Crippen LogP contribution in [0, 0.1) is 12.7 Å². The summed E-state index contributed by atoms with van der Waals surface area (Å²) in [6, 6.07) is 4.35. The summed E-state index contributed by atoms with van der Waals surface area (Å²) in [5.41, 5.74) is 0.269. The van der Waals surface area contributed by atoms with Crippen molar-refractivity contribution in [3.05, 3.63) is 35.1 Å². The highest BCUT2D eigenvalue weighted by Gasteiger charge is 2.31. The first kappa shape index (κ1) is 13.8. The molecule has 0 aliphatic heterocycles. The van der Waals surface area contributed by atoms with Crippen LogP contribution in [0.1, 0.15) is 37.8 Å². The van der Waals surface area contributed by atoms with Gasteiger partial charge in [0.2, 0.25) is 0 Å². The van der Waals surface area contributed by atoms with Gasteiger partial charge in [0.25, 0.3) is 0 Å². The molecule has 0 bridgehead atoms. The molecule has 17 heavy (non-hydrogen) atoms. The van der Waals surface area contributed by atoms with Gasteiger partial charge in [0.15, 0.2) is 5.78 Å². The Balaban J connectivity index is 2.88. The molecule has 1 rings (SSSR count). The van der Waals surface area contributed by atoms with E-state index in [1.807, 2.05) is 0 Å². The molecule has 0 aromatic heterocycles. The molecular formula is C14H19FO2. The lowest BCUT2D eigenvalue weighted by Crippen LogP contribution is -2.38. The molecule has 1 aromatic rings. The molecule has 94 valence electrons. The second-order valence-corrected chi connectivity index (χ2v) is 4.41. The molecular weight excluding hydrogens is 219 g/mol. The molecule has 0 radical (unpaired) electrons. The van der Waals surface area contributed by atoms with Crippen LogP contribution in [0.4, 0.5) is 4.39 Å². The summed E-state index contributed by atoms with van der Waals surface area (Å²) in [5.74, 6) is -0.503. The minimum absolute atomic E-state index is 0.157. The third kappa shape index (κ3) is 3.13. The van der Waals surface area contributed by atoms with Gasteiger partial charge in [-0.2, -0.15) is 0 Å². The fourth-order valence-corrected chi connectivity index (χ4v) is 1.84. The Morgan fingerprint density at radius 2 is 1.94 bits per heavy atom. The van der Waals surface area contributed by atoms with E-state index in [0.717, 1.165) is 11.1 Å². The predicted octanol–water partition coefficient (Wildman–Crippen LogP) is 2.80. The molecule has 0 aliphatic carbocycles. The number of rotatable bonds is 5. The average molecular weight is 238 g/mol. The molecule has 1 aromatic carbocycles. The highest BCUT2D eigenvalue weighted by molar-refractivity contribution is 5.89. The number of halogens is 1. The first-order chi connectivity index (χ1) is 7.92. The molecule has 1 N–H and O–H groups in total. The second-order valence-electron chi connectivity index (χ2n) is 4.41. The molecule has 3 heteroatoms. The van der Waals surface area contributed by atoms with E-state index in [1.165, 1.54) is 12.1 Å². The van der Waals surface area contributed by atoms with Gasteiger partial charge >= 0.3 is 0 Å². The van der Waals surface area contributed by atoms with Crippen molar-refractivity contribution in [1.82, 2.24) is 0 Å². The minimum Gasteiger partial charge on any atom is -0.382 e. The highest BCUT2D eigenvalue weighted by Crippen LogP contribution is 2.20. The van der Waals surface area contributed by atoms with Crippen LogP contribution >= 0.6 is 0 Å². The molecule has 0 fully saturated rings. The van der Waals surface area contributed by atoms with Crippen molar-refractivity contribution in [2.75, 3.05) is 0 Å². The van der Waals surface area contributed by atoms with Crippen LogP contribution in [-0.2, 0) is 11.2 Å². The maximum absolute atomic E-state index is 12.9. The van der Waals surface area contributed by atoms with Crippen LogP contribution in [-0.4, -0.2) is 16.5 Å². The number of carbonyl (C=O) groups is 1. The van der Waals surface area contributed by atoms with Crippen LogP contribution in [0.25, 0.3) is 0 Å². The van der Waals surface area contributed by atoms with E-state index >= 15 is 0 Å². The molecule has 0 heterocycles. The number of ketones is 1. The second kappa shape index (κ2) is 5.41. The van der Waals surface area contributed by atoms with Crippen LogP contribution < -0.4 is 0 Å². The van der Waals surface area contributed by atoms with Crippen molar-refractivity contribution in [1.29, 1.82) is 0 Å². The SMILES string of the molecule is CCC(O)(CC)C(=O)Cc1ccc(F)cc1C. The number of carbonyl (C=O) groups excluding carboxylic acids is 1. The first-order valence-electron chi connectivity index (χ1n) is 5.93. The molecule has 0 amide bonds. The number of benzene rings is 1. The van der Waals surface area contributed by atoms with Crippen LogP contribution in [0.15, 0.2) is 18.2 Å². The van der Waals surface area contributed by atoms with Crippen molar-refractivity contribution >= 4 is 5.78 Å². The van der Waals surface area contributed by atoms with Crippen molar-refractivity contribution in [2.24, 2.45) is 0 Å². The minimum atomic E-state index is -1.25. The normalized spacial score (nSPS) is 11.6. The number of hydrogen-bond acceptors (Lipinski definition) is 2. The van der Waals surface area contributed by atoms with Gasteiger partial charge in [0, 0.05) is 6.42 Å². The van der Waals surface area contributed by atoms with Gasteiger partial charge in [-0.25, -0.2) is 4.39 Å². The molecule has 0 spiro atoms.